The van der Waals surface area contributed by atoms with Gasteiger partial charge in [-0.3, -0.25) is 0 Å². The van der Waals surface area contributed by atoms with E-state index in [1.807, 2.05) is 0 Å². The van der Waals surface area contributed by atoms with E-state index in [4.69, 9.17) is 0 Å². The zero-order valence-corrected chi connectivity index (χ0v) is 9.35. The standard InChI is InChI=1S/C17H11/c1-2-6-13-11-17-15(9-12(13)5-1)10-14-7-3-4-8-16(14)17/h1-11H. The van der Waals surface area contributed by atoms with Gasteiger partial charge in [0.2, 0.25) is 0 Å². The van der Waals surface area contributed by atoms with E-state index >= 15 is 0 Å². The molecule has 0 aromatic heterocycles. The lowest BCUT2D eigenvalue weighted by Crippen LogP contribution is -1.79. The van der Waals surface area contributed by atoms with Gasteiger partial charge in [0.25, 0.3) is 0 Å². The molecule has 0 heteroatoms. The molecule has 0 bridgehead atoms. The lowest BCUT2D eigenvalue weighted by molar-refractivity contribution is 1.56. The predicted molar refractivity (Wildman–Crippen MR) is 71.9 cm³/mol. The van der Waals surface area contributed by atoms with Gasteiger partial charge in [0.05, 0.1) is 0 Å². The summed E-state index contributed by atoms with van der Waals surface area (Å²) >= 11 is 0. The summed E-state index contributed by atoms with van der Waals surface area (Å²) in [6.45, 7) is 0. The Kier molecular flexibility index (Phi) is 1.70. The molecule has 0 aliphatic heterocycles. The molecule has 3 aromatic rings. The molecule has 17 heavy (non-hydrogen) atoms. The Morgan fingerprint density at radius 2 is 1.24 bits per heavy atom. The largest absolute Gasteiger partial charge is 0.0619 e. The van der Waals surface area contributed by atoms with Gasteiger partial charge in [0, 0.05) is 6.42 Å². The molecule has 0 N–H and O–H groups in total. The average Bonchev–Trinajstić information content (AvgIpc) is 2.73. The minimum absolute atomic E-state index is 1.32. The van der Waals surface area contributed by atoms with Crippen LogP contribution in [0, 0.1) is 6.42 Å². The predicted octanol–water partition coefficient (Wildman–Crippen LogP) is 4.42. The molecule has 0 fully saturated rings. The lowest BCUT2D eigenvalue weighted by atomic mass is 10.0. The van der Waals surface area contributed by atoms with Crippen LogP contribution in [-0.4, -0.2) is 0 Å². The van der Waals surface area contributed by atoms with Gasteiger partial charge in [-0.2, -0.15) is 0 Å². The van der Waals surface area contributed by atoms with Crippen LogP contribution in [0.2, 0.25) is 0 Å². The summed E-state index contributed by atoms with van der Waals surface area (Å²) in [4.78, 5) is 0. The van der Waals surface area contributed by atoms with Gasteiger partial charge in [-0.25, -0.2) is 0 Å². The second-order valence-corrected chi connectivity index (χ2v) is 4.52. The Bertz CT molecular complexity index is 723. The van der Waals surface area contributed by atoms with E-state index in [-0.39, 0.29) is 0 Å². The number of hydrogen-bond donors (Lipinski definition) is 0. The Balaban J connectivity index is 2.07. The van der Waals surface area contributed by atoms with Gasteiger partial charge in [-0.15, -0.1) is 0 Å². The SMILES string of the molecule is [CH]1c2ccccc2-c2cc3ccccc3cc21. The molecule has 79 valence electrons. The Labute approximate surface area is 101 Å². The van der Waals surface area contributed by atoms with E-state index in [2.05, 4.69) is 67.1 Å². The smallest absolute Gasteiger partial charge is 0.0212 e. The molecular weight excluding hydrogens is 204 g/mol. The normalized spacial score (nSPS) is 12.5. The average molecular weight is 215 g/mol. The number of fused-ring (bicyclic) bond motifs is 4. The van der Waals surface area contributed by atoms with Crippen molar-refractivity contribution in [3.63, 3.8) is 0 Å². The van der Waals surface area contributed by atoms with Crippen molar-refractivity contribution in [3.05, 3.63) is 78.2 Å². The van der Waals surface area contributed by atoms with Gasteiger partial charge in [0.15, 0.2) is 0 Å². The quantitative estimate of drug-likeness (QED) is 0.407. The molecule has 1 aliphatic rings. The van der Waals surface area contributed by atoms with Gasteiger partial charge in [0.1, 0.15) is 0 Å². The lowest BCUT2D eigenvalue weighted by Gasteiger charge is -2.03. The third-order valence-corrected chi connectivity index (χ3v) is 3.48. The first-order chi connectivity index (χ1) is 8.42. The van der Waals surface area contributed by atoms with Gasteiger partial charge in [-0.05, 0) is 45.2 Å². The topological polar surface area (TPSA) is 0 Å². The molecule has 0 heterocycles. The summed E-state index contributed by atoms with van der Waals surface area (Å²) in [5.41, 5.74) is 5.38. The van der Waals surface area contributed by atoms with Crippen LogP contribution >= 0.6 is 0 Å². The van der Waals surface area contributed by atoms with E-state index in [1.165, 1.54) is 33.0 Å². The first-order valence-corrected chi connectivity index (χ1v) is 5.89. The van der Waals surface area contributed by atoms with Crippen LogP contribution in [0.4, 0.5) is 0 Å². The third-order valence-electron chi connectivity index (χ3n) is 3.48. The minimum Gasteiger partial charge on any atom is -0.0619 e. The summed E-state index contributed by atoms with van der Waals surface area (Å²) in [5.74, 6) is 0. The van der Waals surface area contributed by atoms with Crippen molar-refractivity contribution in [2.45, 2.75) is 0 Å². The molecule has 0 amide bonds. The van der Waals surface area contributed by atoms with Gasteiger partial charge in [-0.1, -0.05) is 48.5 Å². The molecule has 0 atom stereocenters. The fourth-order valence-corrected chi connectivity index (χ4v) is 2.65. The molecule has 0 spiro atoms. The van der Waals surface area contributed by atoms with Crippen molar-refractivity contribution in [1.29, 1.82) is 0 Å². The second kappa shape index (κ2) is 3.21. The highest BCUT2D eigenvalue weighted by Crippen LogP contribution is 2.39. The summed E-state index contributed by atoms with van der Waals surface area (Å²) in [6, 6.07) is 21.7. The molecular formula is C17H11. The Morgan fingerprint density at radius 1 is 0.529 bits per heavy atom. The van der Waals surface area contributed by atoms with E-state index in [9.17, 15) is 0 Å². The van der Waals surface area contributed by atoms with Crippen molar-refractivity contribution < 1.29 is 0 Å². The van der Waals surface area contributed by atoms with Crippen LogP contribution in [-0.2, 0) is 0 Å². The molecule has 0 unspecified atom stereocenters. The Morgan fingerprint density at radius 3 is 2.12 bits per heavy atom. The summed E-state index contributed by atoms with van der Waals surface area (Å²) in [5, 5.41) is 2.63. The van der Waals surface area contributed by atoms with Crippen molar-refractivity contribution in [3.8, 4) is 11.1 Å². The molecule has 0 nitrogen and oxygen atoms in total. The van der Waals surface area contributed by atoms with Gasteiger partial charge >= 0.3 is 0 Å². The fraction of sp³-hybridized carbons (Fsp3) is 0. The zero-order valence-electron chi connectivity index (χ0n) is 9.35. The maximum atomic E-state index is 2.30. The van der Waals surface area contributed by atoms with Gasteiger partial charge < -0.3 is 0 Å². The molecule has 0 saturated carbocycles. The van der Waals surface area contributed by atoms with Crippen LogP contribution in [0.3, 0.4) is 0 Å². The summed E-state index contributed by atoms with van der Waals surface area (Å²) in [6.07, 6.45) is 2.27. The summed E-state index contributed by atoms with van der Waals surface area (Å²) < 4.78 is 0. The minimum atomic E-state index is 1.32. The third kappa shape index (κ3) is 1.24. The Hall–Kier alpha value is -2.08. The highest BCUT2D eigenvalue weighted by Gasteiger charge is 2.18. The van der Waals surface area contributed by atoms with Crippen LogP contribution in [0.25, 0.3) is 21.9 Å². The van der Waals surface area contributed by atoms with Crippen molar-refractivity contribution in [2.75, 3.05) is 0 Å². The highest BCUT2D eigenvalue weighted by atomic mass is 14.2. The van der Waals surface area contributed by atoms with E-state index < -0.39 is 0 Å². The maximum Gasteiger partial charge on any atom is 0.0212 e. The zero-order chi connectivity index (χ0) is 11.2. The monoisotopic (exact) mass is 215 g/mol. The van der Waals surface area contributed by atoms with E-state index in [1.54, 1.807) is 0 Å². The number of rotatable bonds is 0. The van der Waals surface area contributed by atoms with Crippen LogP contribution < -0.4 is 0 Å². The first-order valence-electron chi connectivity index (χ1n) is 5.89. The molecule has 0 saturated heterocycles. The molecule has 1 radical (unpaired) electrons. The van der Waals surface area contributed by atoms with E-state index in [0.29, 0.717) is 0 Å². The fourth-order valence-electron chi connectivity index (χ4n) is 2.65. The molecule has 1 aliphatic carbocycles. The molecule has 4 rings (SSSR count). The maximum absolute atomic E-state index is 2.30. The van der Waals surface area contributed by atoms with Crippen LogP contribution in [0.15, 0.2) is 60.7 Å². The number of hydrogen-bond acceptors (Lipinski definition) is 0. The van der Waals surface area contributed by atoms with Crippen LogP contribution in [0.5, 0.6) is 0 Å². The van der Waals surface area contributed by atoms with Crippen molar-refractivity contribution in [2.24, 2.45) is 0 Å². The van der Waals surface area contributed by atoms with Crippen molar-refractivity contribution >= 4 is 10.8 Å². The van der Waals surface area contributed by atoms with E-state index in [0.717, 1.165) is 0 Å². The molecule has 3 aromatic carbocycles. The van der Waals surface area contributed by atoms with Crippen LogP contribution in [0.1, 0.15) is 11.1 Å². The highest BCUT2D eigenvalue weighted by molar-refractivity contribution is 5.93. The summed E-state index contributed by atoms with van der Waals surface area (Å²) in [7, 11) is 0. The number of benzene rings is 3. The van der Waals surface area contributed by atoms with Crippen molar-refractivity contribution in [1.82, 2.24) is 0 Å². The second-order valence-electron chi connectivity index (χ2n) is 4.52. The first kappa shape index (κ1) is 9.00.